The van der Waals surface area contributed by atoms with Gasteiger partial charge in [-0.25, -0.2) is 4.79 Å². The van der Waals surface area contributed by atoms with Gasteiger partial charge in [-0.05, 0) is 35.7 Å². The minimum absolute atomic E-state index is 0.133. The lowest BCUT2D eigenvalue weighted by Gasteiger charge is -2.04. The third-order valence-corrected chi connectivity index (χ3v) is 4.19. The molecule has 7 heteroatoms. The summed E-state index contributed by atoms with van der Waals surface area (Å²) in [6, 6.07) is 14.2. The average Bonchev–Trinajstić information content (AvgIpc) is 3.29. The molecule has 0 saturated heterocycles. The van der Waals surface area contributed by atoms with E-state index in [1.165, 1.54) is 18.4 Å². The third-order valence-electron chi connectivity index (χ3n) is 3.29. The molecule has 6 nitrogen and oxygen atoms in total. The van der Waals surface area contributed by atoms with Gasteiger partial charge in [0.15, 0.2) is 5.76 Å². The zero-order valence-electron chi connectivity index (χ0n) is 13.4. The van der Waals surface area contributed by atoms with Crippen molar-refractivity contribution >= 4 is 28.9 Å². The second kappa shape index (κ2) is 7.67. The number of thiophene rings is 1. The lowest BCUT2D eigenvalue weighted by atomic mass is 10.3. The van der Waals surface area contributed by atoms with Crippen LogP contribution in [0, 0.1) is 0 Å². The number of methoxy groups -OCH3 is 1. The number of hydrogen-bond donors (Lipinski definition) is 1. The average molecular weight is 357 g/mol. The third kappa shape index (κ3) is 4.07. The summed E-state index contributed by atoms with van der Waals surface area (Å²) in [5.74, 6) is 0.420. The Balaban J connectivity index is 1.63. The number of carbonyl (C=O) groups is 2. The van der Waals surface area contributed by atoms with Crippen LogP contribution >= 0.6 is 11.3 Å². The Hall–Kier alpha value is -3.06. The second-order valence-electron chi connectivity index (χ2n) is 4.98. The van der Waals surface area contributed by atoms with Crippen LogP contribution in [0.2, 0.25) is 0 Å². The Labute approximate surface area is 148 Å². The van der Waals surface area contributed by atoms with Gasteiger partial charge in [-0.15, -0.1) is 11.3 Å². The summed E-state index contributed by atoms with van der Waals surface area (Å²) in [4.78, 5) is 24.2. The first kappa shape index (κ1) is 16.8. The molecule has 1 aromatic carbocycles. The molecule has 2 heterocycles. The number of hydrogen-bond acceptors (Lipinski definition) is 6. The molecule has 0 aliphatic rings. The van der Waals surface area contributed by atoms with Crippen LogP contribution < -0.4 is 10.1 Å². The van der Waals surface area contributed by atoms with Gasteiger partial charge in [0.05, 0.1) is 12.8 Å². The number of nitrogens with one attached hydrogen (secondary N) is 1. The summed E-state index contributed by atoms with van der Waals surface area (Å²) in [5, 5.41) is 4.34. The van der Waals surface area contributed by atoms with E-state index in [4.69, 9.17) is 9.15 Å². The van der Waals surface area contributed by atoms with Crippen molar-refractivity contribution in [3.05, 3.63) is 70.3 Å². The Kier molecular flexibility index (Phi) is 5.15. The summed E-state index contributed by atoms with van der Waals surface area (Å²) in [6.07, 6.45) is 0. The fourth-order valence-corrected chi connectivity index (χ4v) is 2.86. The standard InChI is InChI=1S/C18H15NO5S/c1-22-18(21)16-14(9-10-25-16)19-17(20)15-8-7-13(24-15)11-23-12-5-3-2-4-6-12/h2-10H,11H2,1H3,(H,19,20). The highest BCUT2D eigenvalue weighted by molar-refractivity contribution is 7.12. The van der Waals surface area contributed by atoms with Crippen molar-refractivity contribution in [1.29, 1.82) is 0 Å². The van der Waals surface area contributed by atoms with Crippen LogP contribution in [0.4, 0.5) is 5.69 Å². The summed E-state index contributed by atoms with van der Waals surface area (Å²) in [6.45, 7) is 0.211. The smallest absolute Gasteiger partial charge is 0.350 e. The minimum Gasteiger partial charge on any atom is -0.486 e. The minimum atomic E-state index is -0.498. The molecule has 1 amide bonds. The Morgan fingerprint density at radius 2 is 1.92 bits per heavy atom. The number of esters is 1. The SMILES string of the molecule is COC(=O)c1sccc1NC(=O)c1ccc(COc2ccccc2)o1. The Bertz CT molecular complexity index is 868. The number of ether oxygens (including phenoxy) is 2. The van der Waals surface area contributed by atoms with Crippen LogP contribution in [0.1, 0.15) is 26.0 Å². The lowest BCUT2D eigenvalue weighted by Crippen LogP contribution is -2.13. The largest absolute Gasteiger partial charge is 0.486 e. The predicted octanol–water partition coefficient (Wildman–Crippen LogP) is 3.96. The number of amides is 1. The van der Waals surface area contributed by atoms with Crippen molar-refractivity contribution in [2.75, 3.05) is 12.4 Å². The van der Waals surface area contributed by atoms with Crippen molar-refractivity contribution in [1.82, 2.24) is 0 Å². The van der Waals surface area contributed by atoms with Gasteiger partial charge < -0.3 is 19.2 Å². The zero-order chi connectivity index (χ0) is 17.6. The molecule has 0 aliphatic heterocycles. The van der Waals surface area contributed by atoms with Gasteiger partial charge in [0.25, 0.3) is 5.91 Å². The molecule has 0 fully saturated rings. The van der Waals surface area contributed by atoms with E-state index in [0.29, 0.717) is 22.1 Å². The molecule has 2 aromatic heterocycles. The number of carbonyl (C=O) groups excluding carboxylic acids is 2. The molecule has 0 radical (unpaired) electrons. The molecule has 3 aromatic rings. The van der Waals surface area contributed by atoms with Gasteiger partial charge in [0, 0.05) is 0 Å². The van der Waals surface area contributed by atoms with Crippen molar-refractivity contribution in [2.45, 2.75) is 6.61 Å². The summed E-state index contributed by atoms with van der Waals surface area (Å²) < 4.78 is 15.7. The highest BCUT2D eigenvalue weighted by Gasteiger charge is 2.18. The van der Waals surface area contributed by atoms with E-state index in [0.717, 1.165) is 0 Å². The summed E-state index contributed by atoms with van der Waals surface area (Å²) >= 11 is 1.19. The molecule has 128 valence electrons. The summed E-state index contributed by atoms with van der Waals surface area (Å²) in [5.41, 5.74) is 0.389. The van der Waals surface area contributed by atoms with Gasteiger partial charge in [0.1, 0.15) is 23.0 Å². The van der Waals surface area contributed by atoms with E-state index in [1.54, 1.807) is 23.6 Å². The van der Waals surface area contributed by atoms with Crippen molar-refractivity contribution < 1.29 is 23.5 Å². The van der Waals surface area contributed by atoms with E-state index in [1.807, 2.05) is 30.3 Å². The lowest BCUT2D eigenvalue weighted by molar-refractivity contribution is 0.0607. The van der Waals surface area contributed by atoms with E-state index in [9.17, 15) is 9.59 Å². The number of para-hydroxylation sites is 1. The van der Waals surface area contributed by atoms with Crippen LogP contribution in [0.3, 0.4) is 0 Å². The number of furan rings is 1. The van der Waals surface area contributed by atoms with Crippen molar-refractivity contribution in [2.24, 2.45) is 0 Å². The van der Waals surface area contributed by atoms with E-state index >= 15 is 0 Å². The molecule has 25 heavy (non-hydrogen) atoms. The predicted molar refractivity (Wildman–Crippen MR) is 93.1 cm³/mol. The fourth-order valence-electron chi connectivity index (χ4n) is 2.09. The first-order valence-electron chi connectivity index (χ1n) is 7.41. The molecule has 0 saturated carbocycles. The molecule has 0 aliphatic carbocycles. The molecule has 3 rings (SSSR count). The first-order chi connectivity index (χ1) is 12.2. The van der Waals surface area contributed by atoms with Crippen molar-refractivity contribution in [3.8, 4) is 5.75 Å². The van der Waals surface area contributed by atoms with Gasteiger partial charge in [-0.1, -0.05) is 18.2 Å². The van der Waals surface area contributed by atoms with Crippen LogP contribution in [-0.2, 0) is 11.3 Å². The van der Waals surface area contributed by atoms with Gasteiger partial charge >= 0.3 is 5.97 Å². The van der Waals surface area contributed by atoms with Crippen LogP contribution in [-0.4, -0.2) is 19.0 Å². The van der Waals surface area contributed by atoms with E-state index in [2.05, 4.69) is 10.1 Å². The van der Waals surface area contributed by atoms with Gasteiger partial charge in [0.2, 0.25) is 0 Å². The van der Waals surface area contributed by atoms with Crippen LogP contribution in [0.25, 0.3) is 0 Å². The Morgan fingerprint density at radius 3 is 2.68 bits per heavy atom. The second-order valence-corrected chi connectivity index (χ2v) is 5.89. The molecule has 0 unspecified atom stereocenters. The molecule has 0 bridgehead atoms. The van der Waals surface area contributed by atoms with Gasteiger partial charge in [-0.3, -0.25) is 4.79 Å². The summed E-state index contributed by atoms with van der Waals surface area (Å²) in [7, 11) is 1.29. The molecular weight excluding hydrogens is 342 g/mol. The van der Waals surface area contributed by atoms with Crippen LogP contribution in [0.5, 0.6) is 5.75 Å². The zero-order valence-corrected chi connectivity index (χ0v) is 14.2. The number of rotatable bonds is 6. The monoisotopic (exact) mass is 357 g/mol. The normalized spacial score (nSPS) is 10.3. The van der Waals surface area contributed by atoms with E-state index < -0.39 is 11.9 Å². The van der Waals surface area contributed by atoms with Gasteiger partial charge in [-0.2, -0.15) is 0 Å². The fraction of sp³-hybridized carbons (Fsp3) is 0.111. The van der Waals surface area contributed by atoms with E-state index in [-0.39, 0.29) is 12.4 Å². The highest BCUT2D eigenvalue weighted by Crippen LogP contribution is 2.24. The molecular formula is C18H15NO5S. The van der Waals surface area contributed by atoms with Crippen LogP contribution in [0.15, 0.2) is 58.3 Å². The maximum Gasteiger partial charge on any atom is 0.350 e. The number of anilines is 1. The number of benzene rings is 1. The Morgan fingerprint density at radius 1 is 1.12 bits per heavy atom. The molecule has 0 spiro atoms. The quantitative estimate of drug-likeness (QED) is 0.676. The highest BCUT2D eigenvalue weighted by atomic mass is 32.1. The molecule has 0 atom stereocenters. The maximum absolute atomic E-state index is 12.3. The van der Waals surface area contributed by atoms with Crippen molar-refractivity contribution in [3.63, 3.8) is 0 Å². The molecule has 1 N–H and O–H groups in total. The first-order valence-corrected chi connectivity index (χ1v) is 8.29. The maximum atomic E-state index is 12.3. The topological polar surface area (TPSA) is 77.8 Å².